The van der Waals surface area contributed by atoms with Gasteiger partial charge in [0.05, 0.1) is 6.04 Å². The lowest BCUT2D eigenvalue weighted by Crippen LogP contribution is -2.18. The van der Waals surface area contributed by atoms with Gasteiger partial charge in [0.1, 0.15) is 17.4 Å². The number of benzene rings is 1. The maximum Gasteiger partial charge on any atom is 0.193 e. The van der Waals surface area contributed by atoms with Crippen molar-refractivity contribution in [3.8, 4) is 0 Å². The third kappa shape index (κ3) is 3.09. The van der Waals surface area contributed by atoms with Gasteiger partial charge in [0.25, 0.3) is 0 Å². The Morgan fingerprint density at radius 2 is 1.89 bits per heavy atom. The molecule has 2 rings (SSSR count). The molecule has 5 heteroatoms. The number of halogens is 3. The van der Waals surface area contributed by atoms with E-state index in [-0.39, 0.29) is 11.3 Å². The number of hydrogen-bond acceptors (Lipinski definition) is 2. The zero-order valence-corrected chi connectivity index (χ0v) is 10.5. The number of furan rings is 1. The van der Waals surface area contributed by atoms with Crippen LogP contribution >= 0.6 is 11.6 Å². The van der Waals surface area contributed by atoms with Crippen LogP contribution in [0.1, 0.15) is 17.4 Å². The molecule has 0 amide bonds. The lowest BCUT2D eigenvalue weighted by Gasteiger charge is -2.13. The molecule has 2 aromatic rings. The predicted octanol–water partition coefficient (Wildman–Crippen LogP) is 3.71. The van der Waals surface area contributed by atoms with Crippen molar-refractivity contribution in [3.05, 3.63) is 58.5 Å². The first-order valence-corrected chi connectivity index (χ1v) is 5.84. The monoisotopic (exact) mass is 271 g/mol. The van der Waals surface area contributed by atoms with Crippen LogP contribution in [0.15, 0.2) is 34.7 Å². The Hall–Kier alpha value is -1.39. The van der Waals surface area contributed by atoms with Gasteiger partial charge in [-0.3, -0.25) is 0 Å². The van der Waals surface area contributed by atoms with E-state index in [1.54, 1.807) is 19.2 Å². The number of rotatable bonds is 4. The summed E-state index contributed by atoms with van der Waals surface area (Å²) in [5.41, 5.74) is 0.555. The minimum Gasteiger partial charge on any atom is -0.448 e. The van der Waals surface area contributed by atoms with Gasteiger partial charge in [-0.15, -0.1) is 0 Å². The lowest BCUT2D eigenvalue weighted by molar-refractivity contribution is 0.429. The van der Waals surface area contributed by atoms with Crippen molar-refractivity contribution in [1.29, 1.82) is 0 Å². The minimum absolute atomic E-state index is 0.182. The Kier molecular flexibility index (Phi) is 3.99. The first-order valence-electron chi connectivity index (χ1n) is 5.46. The Bertz CT molecular complexity index is 521. The highest BCUT2D eigenvalue weighted by Crippen LogP contribution is 2.23. The maximum absolute atomic E-state index is 13.1. The van der Waals surface area contributed by atoms with Gasteiger partial charge in [-0.2, -0.15) is 0 Å². The van der Waals surface area contributed by atoms with Crippen LogP contribution in [0.5, 0.6) is 0 Å². The second-order valence-electron chi connectivity index (χ2n) is 3.96. The largest absolute Gasteiger partial charge is 0.448 e. The number of likely N-dealkylation sites (N-methyl/N-ethyl adjacent to an activating group) is 1. The Labute approximate surface area is 109 Å². The van der Waals surface area contributed by atoms with Crippen LogP contribution in [0.25, 0.3) is 0 Å². The summed E-state index contributed by atoms with van der Waals surface area (Å²) in [5, 5.41) is 3.31. The van der Waals surface area contributed by atoms with Gasteiger partial charge >= 0.3 is 0 Å². The SMILES string of the molecule is CNC(Cc1cc(F)cc(F)c1)c1ccc(Cl)o1. The third-order valence-corrected chi connectivity index (χ3v) is 2.85. The Balaban J connectivity index is 2.20. The van der Waals surface area contributed by atoms with E-state index in [2.05, 4.69) is 5.32 Å². The van der Waals surface area contributed by atoms with Gasteiger partial charge in [0.2, 0.25) is 0 Å². The molecule has 0 spiro atoms. The fourth-order valence-corrected chi connectivity index (χ4v) is 1.98. The molecule has 0 aliphatic rings. The van der Waals surface area contributed by atoms with Crippen molar-refractivity contribution in [3.63, 3.8) is 0 Å². The molecule has 0 bridgehead atoms. The van der Waals surface area contributed by atoms with Crippen LogP contribution in [0.3, 0.4) is 0 Å². The van der Waals surface area contributed by atoms with E-state index >= 15 is 0 Å². The van der Waals surface area contributed by atoms with Crippen LogP contribution in [-0.2, 0) is 6.42 Å². The molecule has 0 aliphatic heterocycles. The van der Waals surface area contributed by atoms with Gasteiger partial charge in [-0.05, 0) is 54.9 Å². The van der Waals surface area contributed by atoms with E-state index in [0.717, 1.165) is 6.07 Å². The summed E-state index contributed by atoms with van der Waals surface area (Å²) >= 11 is 5.70. The van der Waals surface area contributed by atoms with Crippen molar-refractivity contribution in [2.75, 3.05) is 7.05 Å². The molecule has 1 aromatic heterocycles. The lowest BCUT2D eigenvalue weighted by atomic mass is 10.0. The van der Waals surface area contributed by atoms with Gasteiger partial charge in [0.15, 0.2) is 5.22 Å². The molecular formula is C13H12ClF2NO. The molecule has 0 saturated carbocycles. The summed E-state index contributed by atoms with van der Waals surface area (Å²) in [6.07, 6.45) is 0.412. The van der Waals surface area contributed by atoms with Crippen molar-refractivity contribution in [2.45, 2.75) is 12.5 Å². The second-order valence-corrected chi connectivity index (χ2v) is 4.34. The summed E-state index contributed by atoms with van der Waals surface area (Å²) in [6, 6.07) is 6.64. The summed E-state index contributed by atoms with van der Waals surface area (Å²) in [5.74, 6) is -0.540. The van der Waals surface area contributed by atoms with Crippen LogP contribution in [0, 0.1) is 11.6 Å². The second kappa shape index (κ2) is 5.50. The van der Waals surface area contributed by atoms with E-state index in [0.29, 0.717) is 17.7 Å². The zero-order valence-electron chi connectivity index (χ0n) is 9.71. The van der Waals surface area contributed by atoms with Crippen LogP contribution in [-0.4, -0.2) is 7.05 Å². The fourth-order valence-electron chi connectivity index (χ4n) is 1.82. The molecule has 2 nitrogen and oxygen atoms in total. The quantitative estimate of drug-likeness (QED) is 0.917. The van der Waals surface area contributed by atoms with Crippen molar-refractivity contribution in [2.24, 2.45) is 0 Å². The number of hydrogen-bond donors (Lipinski definition) is 1. The molecule has 0 aliphatic carbocycles. The topological polar surface area (TPSA) is 25.2 Å². The standard InChI is InChI=1S/C13H12ClF2NO/c1-17-11(12-2-3-13(14)18-12)6-8-4-9(15)7-10(16)5-8/h2-5,7,11,17H,6H2,1H3. The highest BCUT2D eigenvalue weighted by molar-refractivity contribution is 6.28. The Morgan fingerprint density at radius 1 is 1.22 bits per heavy atom. The molecule has 1 N–H and O–H groups in total. The van der Waals surface area contributed by atoms with Crippen LogP contribution < -0.4 is 5.32 Å². The maximum atomic E-state index is 13.1. The third-order valence-electron chi connectivity index (χ3n) is 2.65. The van der Waals surface area contributed by atoms with Crippen molar-refractivity contribution >= 4 is 11.6 Å². The van der Waals surface area contributed by atoms with Gasteiger partial charge in [0, 0.05) is 6.07 Å². The molecule has 1 unspecified atom stereocenters. The van der Waals surface area contributed by atoms with E-state index in [4.69, 9.17) is 16.0 Å². The fraction of sp³-hybridized carbons (Fsp3) is 0.231. The first-order chi connectivity index (χ1) is 8.58. The molecule has 0 saturated heterocycles. The van der Waals surface area contributed by atoms with Crippen molar-refractivity contribution in [1.82, 2.24) is 5.32 Å². The van der Waals surface area contributed by atoms with Gasteiger partial charge in [-0.25, -0.2) is 8.78 Å². The summed E-state index contributed by atoms with van der Waals surface area (Å²) in [4.78, 5) is 0. The summed E-state index contributed by atoms with van der Waals surface area (Å²) < 4.78 is 31.5. The summed E-state index contributed by atoms with van der Waals surface area (Å²) in [7, 11) is 1.75. The van der Waals surface area contributed by atoms with E-state index in [1.807, 2.05) is 0 Å². The molecule has 96 valence electrons. The molecule has 1 heterocycles. The molecule has 18 heavy (non-hydrogen) atoms. The highest BCUT2D eigenvalue weighted by atomic mass is 35.5. The normalized spacial score (nSPS) is 12.7. The summed E-state index contributed by atoms with van der Waals surface area (Å²) in [6.45, 7) is 0. The molecule has 1 aromatic carbocycles. The average molecular weight is 272 g/mol. The van der Waals surface area contributed by atoms with Gasteiger partial charge in [-0.1, -0.05) is 0 Å². The molecule has 0 radical (unpaired) electrons. The molecule has 1 atom stereocenters. The predicted molar refractivity (Wildman–Crippen MR) is 65.6 cm³/mol. The van der Waals surface area contributed by atoms with Crippen LogP contribution in [0.2, 0.25) is 5.22 Å². The Morgan fingerprint density at radius 3 is 2.39 bits per heavy atom. The highest BCUT2D eigenvalue weighted by Gasteiger charge is 2.15. The minimum atomic E-state index is -0.586. The van der Waals surface area contributed by atoms with E-state index in [1.165, 1.54) is 12.1 Å². The van der Waals surface area contributed by atoms with Gasteiger partial charge < -0.3 is 9.73 Å². The van der Waals surface area contributed by atoms with E-state index < -0.39 is 11.6 Å². The zero-order chi connectivity index (χ0) is 13.1. The molecule has 0 fully saturated rings. The van der Waals surface area contributed by atoms with E-state index in [9.17, 15) is 8.78 Å². The first kappa shape index (κ1) is 13.1. The average Bonchev–Trinajstić information content (AvgIpc) is 2.71. The van der Waals surface area contributed by atoms with Crippen molar-refractivity contribution < 1.29 is 13.2 Å². The smallest absolute Gasteiger partial charge is 0.193 e. The number of nitrogens with one attached hydrogen (secondary N) is 1. The molecular weight excluding hydrogens is 260 g/mol. The van der Waals surface area contributed by atoms with Crippen LogP contribution in [0.4, 0.5) is 8.78 Å².